The van der Waals surface area contributed by atoms with E-state index in [1.165, 1.54) is 6.92 Å². The smallest absolute Gasteiger partial charge is 0.217 e. The fourth-order valence-corrected chi connectivity index (χ4v) is 4.24. The second kappa shape index (κ2) is 13.3. The highest BCUT2D eigenvalue weighted by Crippen LogP contribution is 2.27. The molecule has 1 heterocycles. The minimum absolute atomic E-state index is 0.184. The Hall–Kier alpha value is -3.07. The van der Waals surface area contributed by atoms with Crippen LogP contribution in [0.2, 0.25) is 0 Å². The van der Waals surface area contributed by atoms with Gasteiger partial charge in [0.1, 0.15) is 24.4 Å². The standard InChI is InChI=1S/C29H33NO6/c1-21(31)30-26-28(35-19-24-15-9-4-10-16-24)27(34-18-23-13-7-3-8-14-23)25(36-29(26)32)20-33-17-22-11-5-2-6-12-22/h2-16,25-29,32H,17-20H2,1H3,(H,30,31)/t25-,26-,27+,28+,29-/m0/s1. The molecule has 5 atom stereocenters. The van der Waals surface area contributed by atoms with E-state index in [0.29, 0.717) is 13.2 Å². The maximum absolute atomic E-state index is 12.0. The first-order chi connectivity index (χ1) is 17.6. The highest BCUT2D eigenvalue weighted by Gasteiger charge is 2.47. The van der Waals surface area contributed by atoms with E-state index in [1.807, 2.05) is 91.0 Å². The van der Waals surface area contributed by atoms with Gasteiger partial charge in [0.05, 0.1) is 26.4 Å². The summed E-state index contributed by atoms with van der Waals surface area (Å²) in [4.78, 5) is 12.0. The van der Waals surface area contributed by atoms with Gasteiger partial charge in [0.25, 0.3) is 0 Å². The second-order valence-electron chi connectivity index (χ2n) is 8.81. The van der Waals surface area contributed by atoms with Crippen LogP contribution in [0.1, 0.15) is 23.6 Å². The summed E-state index contributed by atoms with van der Waals surface area (Å²) in [5.74, 6) is -0.295. The topological polar surface area (TPSA) is 86.3 Å². The van der Waals surface area contributed by atoms with Gasteiger partial charge in [0.2, 0.25) is 5.91 Å². The van der Waals surface area contributed by atoms with Gasteiger partial charge in [0, 0.05) is 6.92 Å². The first-order valence-corrected chi connectivity index (χ1v) is 12.1. The van der Waals surface area contributed by atoms with Crippen molar-refractivity contribution in [3.63, 3.8) is 0 Å². The van der Waals surface area contributed by atoms with Crippen molar-refractivity contribution in [2.45, 2.75) is 57.4 Å². The summed E-state index contributed by atoms with van der Waals surface area (Å²) < 4.78 is 24.6. The molecule has 0 radical (unpaired) electrons. The normalized spacial score (nSPS) is 23.8. The molecular weight excluding hydrogens is 458 g/mol. The Morgan fingerprint density at radius 2 is 1.25 bits per heavy atom. The number of carbonyl (C=O) groups is 1. The van der Waals surface area contributed by atoms with Crippen molar-refractivity contribution in [2.24, 2.45) is 0 Å². The van der Waals surface area contributed by atoms with E-state index in [4.69, 9.17) is 18.9 Å². The van der Waals surface area contributed by atoms with Crippen molar-refractivity contribution >= 4 is 5.91 Å². The maximum atomic E-state index is 12.0. The highest BCUT2D eigenvalue weighted by atomic mass is 16.7. The number of carbonyl (C=O) groups excluding carboxylic acids is 1. The van der Waals surface area contributed by atoms with Crippen molar-refractivity contribution in [1.82, 2.24) is 5.32 Å². The van der Waals surface area contributed by atoms with E-state index >= 15 is 0 Å². The number of hydrogen-bond donors (Lipinski definition) is 2. The lowest BCUT2D eigenvalue weighted by Crippen LogP contribution is -2.65. The number of ether oxygens (including phenoxy) is 4. The van der Waals surface area contributed by atoms with Crippen molar-refractivity contribution < 1.29 is 28.8 Å². The fraction of sp³-hybridized carbons (Fsp3) is 0.345. The minimum Gasteiger partial charge on any atom is -0.374 e. The molecule has 0 aliphatic carbocycles. The van der Waals surface area contributed by atoms with Crippen LogP contribution in [0.4, 0.5) is 0 Å². The molecule has 36 heavy (non-hydrogen) atoms. The van der Waals surface area contributed by atoms with Gasteiger partial charge in [0.15, 0.2) is 6.29 Å². The molecule has 0 spiro atoms. The molecule has 7 heteroatoms. The summed E-state index contributed by atoms with van der Waals surface area (Å²) in [6, 6.07) is 28.6. The molecule has 0 unspecified atom stereocenters. The maximum Gasteiger partial charge on any atom is 0.217 e. The molecule has 1 saturated heterocycles. The van der Waals surface area contributed by atoms with Gasteiger partial charge in [-0.2, -0.15) is 0 Å². The molecule has 1 aliphatic heterocycles. The van der Waals surface area contributed by atoms with Crippen molar-refractivity contribution in [2.75, 3.05) is 6.61 Å². The van der Waals surface area contributed by atoms with E-state index < -0.39 is 30.6 Å². The van der Waals surface area contributed by atoms with Crippen LogP contribution in [-0.4, -0.2) is 48.3 Å². The molecular formula is C29H33NO6. The molecule has 0 bridgehead atoms. The van der Waals surface area contributed by atoms with Crippen LogP contribution in [-0.2, 0) is 43.6 Å². The fourth-order valence-electron chi connectivity index (χ4n) is 4.24. The molecule has 1 amide bonds. The van der Waals surface area contributed by atoms with Crippen molar-refractivity contribution in [3.8, 4) is 0 Å². The van der Waals surface area contributed by atoms with Crippen LogP contribution >= 0.6 is 0 Å². The third-order valence-electron chi connectivity index (χ3n) is 6.00. The molecule has 2 N–H and O–H groups in total. The van der Waals surface area contributed by atoms with Crippen LogP contribution in [0, 0.1) is 0 Å². The Kier molecular flexibility index (Phi) is 9.61. The molecule has 0 saturated carbocycles. The van der Waals surface area contributed by atoms with Crippen LogP contribution in [0.3, 0.4) is 0 Å². The number of aliphatic hydroxyl groups excluding tert-OH is 1. The lowest BCUT2D eigenvalue weighted by molar-refractivity contribution is -0.277. The molecule has 1 fully saturated rings. The van der Waals surface area contributed by atoms with E-state index in [0.717, 1.165) is 16.7 Å². The zero-order valence-electron chi connectivity index (χ0n) is 20.4. The van der Waals surface area contributed by atoms with Crippen molar-refractivity contribution in [3.05, 3.63) is 108 Å². The lowest BCUT2D eigenvalue weighted by atomic mass is 9.96. The largest absolute Gasteiger partial charge is 0.374 e. The SMILES string of the molecule is CC(=O)N[C@H]1[C@@H](OCc2ccccc2)[C@H](OCc2ccccc2)[C@H](COCc2ccccc2)O[C@@H]1O. The Morgan fingerprint density at radius 3 is 1.75 bits per heavy atom. The van der Waals surface area contributed by atoms with Gasteiger partial charge in [-0.3, -0.25) is 4.79 Å². The van der Waals surface area contributed by atoms with Gasteiger partial charge in [-0.1, -0.05) is 91.0 Å². The Bertz CT molecular complexity index is 1050. The Labute approximate surface area is 212 Å². The van der Waals surface area contributed by atoms with Crippen LogP contribution in [0.15, 0.2) is 91.0 Å². The monoisotopic (exact) mass is 491 g/mol. The average Bonchev–Trinajstić information content (AvgIpc) is 2.90. The predicted octanol–water partition coefficient (Wildman–Crippen LogP) is 3.60. The summed E-state index contributed by atoms with van der Waals surface area (Å²) in [5, 5.41) is 13.6. The third kappa shape index (κ3) is 7.46. The van der Waals surface area contributed by atoms with Gasteiger partial charge in [-0.15, -0.1) is 0 Å². The van der Waals surface area contributed by atoms with Crippen molar-refractivity contribution in [1.29, 1.82) is 0 Å². The molecule has 190 valence electrons. The van der Waals surface area contributed by atoms with E-state index in [-0.39, 0.29) is 19.1 Å². The van der Waals surface area contributed by atoms with Gasteiger partial charge in [-0.25, -0.2) is 0 Å². The van der Waals surface area contributed by atoms with Gasteiger partial charge < -0.3 is 29.4 Å². The molecule has 4 rings (SSSR count). The molecule has 1 aliphatic rings. The quantitative estimate of drug-likeness (QED) is 0.426. The average molecular weight is 492 g/mol. The number of amides is 1. The number of hydrogen-bond acceptors (Lipinski definition) is 6. The first-order valence-electron chi connectivity index (χ1n) is 12.1. The summed E-state index contributed by atoms with van der Waals surface area (Å²) in [5.41, 5.74) is 2.99. The molecule has 3 aromatic carbocycles. The Balaban J connectivity index is 1.53. The number of nitrogens with one attached hydrogen (secondary N) is 1. The zero-order valence-corrected chi connectivity index (χ0v) is 20.4. The number of aliphatic hydroxyl groups is 1. The number of rotatable bonds is 11. The summed E-state index contributed by atoms with van der Waals surface area (Å²) in [7, 11) is 0. The number of benzene rings is 3. The summed E-state index contributed by atoms with van der Waals surface area (Å²) in [6.45, 7) is 2.58. The first kappa shape index (κ1) is 26.0. The lowest BCUT2D eigenvalue weighted by Gasteiger charge is -2.44. The third-order valence-corrected chi connectivity index (χ3v) is 6.00. The summed E-state index contributed by atoms with van der Waals surface area (Å²) >= 11 is 0. The molecule has 0 aromatic heterocycles. The van der Waals surface area contributed by atoms with Crippen LogP contribution < -0.4 is 5.32 Å². The molecule has 3 aromatic rings. The van der Waals surface area contributed by atoms with Crippen LogP contribution in [0.25, 0.3) is 0 Å². The van der Waals surface area contributed by atoms with Gasteiger partial charge in [-0.05, 0) is 16.7 Å². The van der Waals surface area contributed by atoms with Gasteiger partial charge >= 0.3 is 0 Å². The molecule has 7 nitrogen and oxygen atoms in total. The van der Waals surface area contributed by atoms with E-state index in [1.54, 1.807) is 0 Å². The second-order valence-corrected chi connectivity index (χ2v) is 8.81. The predicted molar refractivity (Wildman–Crippen MR) is 135 cm³/mol. The minimum atomic E-state index is -1.28. The Morgan fingerprint density at radius 1 is 0.778 bits per heavy atom. The summed E-state index contributed by atoms with van der Waals surface area (Å²) in [6.07, 6.45) is -3.17. The highest BCUT2D eigenvalue weighted by molar-refractivity contribution is 5.73. The van der Waals surface area contributed by atoms with Crippen LogP contribution in [0.5, 0.6) is 0 Å². The van der Waals surface area contributed by atoms with E-state index in [2.05, 4.69) is 5.32 Å². The van der Waals surface area contributed by atoms with E-state index in [9.17, 15) is 9.90 Å². The zero-order chi connectivity index (χ0) is 25.2.